The molecule has 0 saturated heterocycles. The normalized spacial score (nSPS) is 10.5. The van der Waals surface area contributed by atoms with E-state index in [2.05, 4.69) is 10.4 Å². The van der Waals surface area contributed by atoms with Crippen LogP contribution in [0.15, 0.2) is 76.8 Å². The van der Waals surface area contributed by atoms with Crippen LogP contribution >= 0.6 is 0 Å². The van der Waals surface area contributed by atoms with Crippen LogP contribution in [0.4, 0.5) is 0 Å². The van der Waals surface area contributed by atoms with Crippen LogP contribution in [0.25, 0.3) is 27.9 Å². The van der Waals surface area contributed by atoms with E-state index in [1.54, 1.807) is 75.4 Å². The molecule has 1 N–H and O–H groups in total. The summed E-state index contributed by atoms with van der Waals surface area (Å²) in [7, 11) is 3.30. The van der Waals surface area contributed by atoms with Gasteiger partial charge in [0.15, 0.2) is 6.19 Å². The topological polar surface area (TPSA) is 115 Å². The van der Waals surface area contributed by atoms with E-state index in [4.69, 9.17) is 5.26 Å². The number of amides is 1. The summed E-state index contributed by atoms with van der Waals surface area (Å²) in [5.41, 5.74) is 2.97. The minimum Gasteiger partial charge on any atom is -0.319 e. The molecule has 0 saturated carbocycles. The van der Waals surface area contributed by atoms with E-state index in [1.165, 1.54) is 25.9 Å². The Morgan fingerprint density at radius 2 is 1.72 bits per heavy atom. The monoisotopic (exact) mass is 426 g/mol. The van der Waals surface area contributed by atoms with Crippen LogP contribution in [-0.4, -0.2) is 24.8 Å². The molecule has 0 radical (unpaired) electrons. The molecule has 9 nitrogen and oxygen atoms in total. The quantitative estimate of drug-likeness (QED) is 0.395. The lowest BCUT2D eigenvalue weighted by atomic mass is 9.99. The van der Waals surface area contributed by atoms with Gasteiger partial charge in [0.2, 0.25) is 0 Å². The van der Waals surface area contributed by atoms with Crippen molar-refractivity contribution < 1.29 is 4.79 Å². The molecule has 0 atom stereocenters. The molecule has 0 fully saturated rings. The van der Waals surface area contributed by atoms with Crippen molar-refractivity contribution in [3.63, 3.8) is 0 Å². The van der Waals surface area contributed by atoms with Gasteiger partial charge in [0, 0.05) is 55.9 Å². The first-order valence-electron chi connectivity index (χ1n) is 9.60. The average Bonchev–Trinajstić information content (AvgIpc) is 3.27. The minimum atomic E-state index is -0.539. The molecule has 0 bridgehead atoms. The molecule has 9 heteroatoms. The number of benzene rings is 1. The largest absolute Gasteiger partial charge is 0.319 e. The van der Waals surface area contributed by atoms with Gasteiger partial charge in [0.25, 0.3) is 17.0 Å². The summed E-state index contributed by atoms with van der Waals surface area (Å²) in [5.74, 6) is -0.539. The molecule has 4 aromatic rings. The summed E-state index contributed by atoms with van der Waals surface area (Å²) in [6.07, 6.45) is 8.30. The highest BCUT2D eigenvalue weighted by Crippen LogP contribution is 2.30. The number of carbonyl (C=O) groups is 1. The smallest absolute Gasteiger partial charge is 0.266 e. The molecular formula is C23H18N6O3. The Bertz CT molecular complexity index is 1500. The summed E-state index contributed by atoms with van der Waals surface area (Å²) in [6.45, 7) is 0. The Morgan fingerprint density at radius 1 is 0.969 bits per heavy atom. The number of carbonyl (C=O) groups excluding carboxylic acids is 1. The second-order valence-corrected chi connectivity index (χ2v) is 7.17. The van der Waals surface area contributed by atoms with Crippen LogP contribution in [0.3, 0.4) is 0 Å². The number of hydrogen-bond acceptors (Lipinski definition) is 5. The molecule has 0 unspecified atom stereocenters. The van der Waals surface area contributed by atoms with Crippen LogP contribution in [0.5, 0.6) is 0 Å². The molecule has 0 aliphatic heterocycles. The molecule has 4 rings (SSSR count). The number of para-hydroxylation sites is 1. The van der Waals surface area contributed by atoms with Crippen molar-refractivity contribution >= 4 is 5.91 Å². The molecule has 0 aliphatic carbocycles. The number of nitrogens with zero attached hydrogens (tertiary/aromatic N) is 5. The first-order valence-corrected chi connectivity index (χ1v) is 9.60. The lowest BCUT2D eigenvalue weighted by molar-refractivity contribution is 0.0972. The molecular weight excluding hydrogens is 408 g/mol. The molecule has 0 spiro atoms. The van der Waals surface area contributed by atoms with Gasteiger partial charge in [-0.25, -0.2) is 4.68 Å². The zero-order valence-electron chi connectivity index (χ0n) is 17.3. The van der Waals surface area contributed by atoms with Crippen molar-refractivity contribution in [3.8, 4) is 34.1 Å². The Kier molecular flexibility index (Phi) is 5.27. The van der Waals surface area contributed by atoms with Crippen LogP contribution < -0.4 is 16.4 Å². The van der Waals surface area contributed by atoms with Crippen molar-refractivity contribution in [1.29, 1.82) is 5.26 Å². The van der Waals surface area contributed by atoms with E-state index in [9.17, 15) is 14.4 Å². The third-order valence-corrected chi connectivity index (χ3v) is 5.10. The maximum absolute atomic E-state index is 12.3. The first-order chi connectivity index (χ1) is 15.4. The van der Waals surface area contributed by atoms with Gasteiger partial charge in [-0.15, -0.1) is 0 Å². The van der Waals surface area contributed by atoms with E-state index in [-0.39, 0.29) is 16.7 Å². The predicted octanol–water partition coefficient (Wildman–Crippen LogP) is 1.81. The number of hydrogen-bond donors (Lipinski definition) is 1. The van der Waals surface area contributed by atoms with Crippen LogP contribution in [0.2, 0.25) is 0 Å². The van der Waals surface area contributed by atoms with Gasteiger partial charge >= 0.3 is 0 Å². The fourth-order valence-corrected chi connectivity index (χ4v) is 3.39. The number of nitriles is 1. The Labute approximate surface area is 182 Å². The van der Waals surface area contributed by atoms with E-state index in [0.29, 0.717) is 27.9 Å². The number of nitrogens with one attached hydrogen (secondary N) is 1. The minimum absolute atomic E-state index is 0.192. The number of rotatable bonds is 4. The zero-order chi connectivity index (χ0) is 22.8. The molecule has 32 heavy (non-hydrogen) atoms. The molecule has 3 heterocycles. The lowest BCUT2D eigenvalue weighted by Crippen LogP contribution is -2.19. The van der Waals surface area contributed by atoms with E-state index < -0.39 is 5.91 Å². The Hall–Kier alpha value is -4.71. The SMILES string of the molecule is Cn1ccc(-c2cc(=O)n(C)cc2-c2cnn(-c3ccccc3C(=O)NC#N)c2)cc1=O. The molecule has 158 valence electrons. The Morgan fingerprint density at radius 3 is 2.47 bits per heavy atom. The fourth-order valence-electron chi connectivity index (χ4n) is 3.39. The zero-order valence-corrected chi connectivity index (χ0v) is 17.3. The van der Waals surface area contributed by atoms with Crippen molar-refractivity contribution in [1.82, 2.24) is 24.2 Å². The highest BCUT2D eigenvalue weighted by atomic mass is 16.2. The van der Waals surface area contributed by atoms with E-state index in [1.807, 2.05) is 0 Å². The summed E-state index contributed by atoms with van der Waals surface area (Å²) in [6, 6.07) is 11.5. The summed E-state index contributed by atoms with van der Waals surface area (Å²) >= 11 is 0. The van der Waals surface area contributed by atoms with Crippen molar-refractivity contribution in [3.05, 3.63) is 93.5 Å². The summed E-state index contributed by atoms with van der Waals surface area (Å²) in [4.78, 5) is 36.8. The fraction of sp³-hybridized carbons (Fsp3) is 0.0870. The highest BCUT2D eigenvalue weighted by molar-refractivity contribution is 5.98. The Balaban J connectivity index is 1.86. The number of pyridine rings is 2. The maximum Gasteiger partial charge on any atom is 0.266 e. The maximum atomic E-state index is 12.3. The highest BCUT2D eigenvalue weighted by Gasteiger charge is 2.16. The van der Waals surface area contributed by atoms with E-state index >= 15 is 0 Å². The average molecular weight is 426 g/mol. The van der Waals surface area contributed by atoms with Crippen molar-refractivity contribution in [2.75, 3.05) is 0 Å². The first kappa shape index (κ1) is 20.6. The predicted molar refractivity (Wildman–Crippen MR) is 118 cm³/mol. The molecule has 3 aromatic heterocycles. The third kappa shape index (κ3) is 3.73. The van der Waals surface area contributed by atoms with Gasteiger partial charge in [-0.3, -0.25) is 19.7 Å². The van der Waals surface area contributed by atoms with Gasteiger partial charge in [0.05, 0.1) is 17.4 Å². The van der Waals surface area contributed by atoms with Crippen molar-refractivity contribution in [2.45, 2.75) is 0 Å². The molecule has 1 aromatic carbocycles. The summed E-state index contributed by atoms with van der Waals surface area (Å²) in [5, 5.41) is 15.3. The van der Waals surface area contributed by atoms with Gasteiger partial charge in [-0.2, -0.15) is 10.4 Å². The van der Waals surface area contributed by atoms with Gasteiger partial charge in [-0.05, 0) is 29.3 Å². The lowest BCUT2D eigenvalue weighted by Gasteiger charge is -2.11. The van der Waals surface area contributed by atoms with Gasteiger partial charge in [0.1, 0.15) is 0 Å². The second-order valence-electron chi connectivity index (χ2n) is 7.17. The standard InChI is InChI=1S/C23H18N6O3/c1-27-8-7-15(9-21(27)30)18-10-22(31)28(2)13-19(18)16-11-26-29(12-16)20-6-4-3-5-17(20)23(32)25-14-24/h3-13H,1-2H3,(H,25,32). The molecule has 0 aliphatic rings. The summed E-state index contributed by atoms with van der Waals surface area (Å²) < 4.78 is 4.43. The number of aryl methyl sites for hydroxylation is 2. The van der Waals surface area contributed by atoms with Crippen molar-refractivity contribution in [2.24, 2.45) is 14.1 Å². The van der Waals surface area contributed by atoms with Gasteiger partial charge in [-0.1, -0.05) is 12.1 Å². The third-order valence-electron chi connectivity index (χ3n) is 5.10. The molecule has 1 amide bonds. The number of aromatic nitrogens is 4. The second kappa shape index (κ2) is 8.20. The van der Waals surface area contributed by atoms with Crippen LogP contribution in [0, 0.1) is 11.5 Å². The van der Waals surface area contributed by atoms with E-state index in [0.717, 1.165) is 0 Å². The van der Waals surface area contributed by atoms with Crippen LogP contribution in [-0.2, 0) is 14.1 Å². The van der Waals surface area contributed by atoms with Crippen LogP contribution in [0.1, 0.15) is 10.4 Å². The van der Waals surface area contributed by atoms with Gasteiger partial charge < -0.3 is 9.13 Å².